The molecule has 0 spiro atoms. The summed E-state index contributed by atoms with van der Waals surface area (Å²) in [7, 11) is 0. The molecule has 3 heterocycles. The highest BCUT2D eigenvalue weighted by Crippen LogP contribution is 2.27. The molecular weight excluding hydrogens is 208 g/mol. The van der Waals surface area contributed by atoms with Crippen molar-refractivity contribution in [3.63, 3.8) is 0 Å². The number of aryl methyl sites for hydroxylation is 1. The van der Waals surface area contributed by atoms with Crippen LogP contribution in [0.4, 0.5) is 0 Å². The number of hydrogen-bond donors (Lipinski definition) is 0. The summed E-state index contributed by atoms with van der Waals surface area (Å²) in [4.78, 5) is 9.56. The fourth-order valence-electron chi connectivity index (χ4n) is 1.46. The molecule has 3 aromatic heterocycles. The highest BCUT2D eigenvalue weighted by atomic mass is 32.1. The molecule has 0 aliphatic rings. The number of rotatable bonds is 1. The summed E-state index contributed by atoms with van der Waals surface area (Å²) in [5.41, 5.74) is 2.52. The maximum Gasteiger partial charge on any atom is 0.239 e. The fraction of sp³-hybridized carbons (Fsp3) is 0.0909. The van der Waals surface area contributed by atoms with Crippen molar-refractivity contribution < 1.29 is 4.42 Å². The first-order valence-electron chi connectivity index (χ1n) is 4.60. The molecule has 0 fully saturated rings. The van der Waals surface area contributed by atoms with Crippen molar-refractivity contribution in [3.05, 3.63) is 35.3 Å². The lowest BCUT2D eigenvalue weighted by Crippen LogP contribution is -1.77. The van der Waals surface area contributed by atoms with Gasteiger partial charge in [-0.2, -0.15) is 4.98 Å². The average molecular weight is 216 g/mol. The van der Waals surface area contributed by atoms with Crippen LogP contribution in [0.5, 0.6) is 0 Å². The summed E-state index contributed by atoms with van der Waals surface area (Å²) >= 11 is 1.61. The van der Waals surface area contributed by atoms with Gasteiger partial charge in [0.1, 0.15) is 0 Å². The van der Waals surface area contributed by atoms with E-state index in [0.717, 1.165) is 16.0 Å². The van der Waals surface area contributed by atoms with Crippen molar-refractivity contribution in [2.75, 3.05) is 0 Å². The van der Waals surface area contributed by atoms with Gasteiger partial charge in [-0.25, -0.2) is 4.98 Å². The molecule has 0 aliphatic heterocycles. The van der Waals surface area contributed by atoms with Gasteiger partial charge >= 0.3 is 0 Å². The standard InChI is InChI=1S/C11H8N2OS/c1-7-4-5-12-10-9(7)14-11(13-10)8-3-2-6-15-8/h2-6H,1H3. The molecule has 4 heteroatoms. The van der Waals surface area contributed by atoms with Gasteiger partial charge in [0.15, 0.2) is 11.2 Å². The topological polar surface area (TPSA) is 38.9 Å². The Morgan fingerprint density at radius 2 is 2.27 bits per heavy atom. The highest BCUT2D eigenvalue weighted by Gasteiger charge is 2.10. The normalized spacial score (nSPS) is 11.0. The zero-order chi connectivity index (χ0) is 10.3. The highest BCUT2D eigenvalue weighted by molar-refractivity contribution is 7.13. The predicted molar refractivity (Wildman–Crippen MR) is 59.9 cm³/mol. The number of hydrogen-bond acceptors (Lipinski definition) is 4. The van der Waals surface area contributed by atoms with E-state index in [9.17, 15) is 0 Å². The fourth-order valence-corrected chi connectivity index (χ4v) is 2.11. The molecule has 0 amide bonds. The number of fused-ring (bicyclic) bond motifs is 1. The van der Waals surface area contributed by atoms with Crippen LogP contribution in [0.15, 0.2) is 34.2 Å². The number of thiophene rings is 1. The van der Waals surface area contributed by atoms with Crippen LogP contribution in [0.3, 0.4) is 0 Å². The largest absolute Gasteiger partial charge is 0.433 e. The maximum absolute atomic E-state index is 5.68. The Morgan fingerprint density at radius 3 is 3.00 bits per heavy atom. The molecular formula is C11H8N2OS. The van der Waals surface area contributed by atoms with Gasteiger partial charge in [0.2, 0.25) is 5.89 Å². The van der Waals surface area contributed by atoms with E-state index in [2.05, 4.69) is 9.97 Å². The number of oxazole rings is 1. The monoisotopic (exact) mass is 216 g/mol. The van der Waals surface area contributed by atoms with Crippen molar-refractivity contribution in [1.82, 2.24) is 9.97 Å². The van der Waals surface area contributed by atoms with Crippen LogP contribution in [0.1, 0.15) is 5.56 Å². The van der Waals surface area contributed by atoms with Gasteiger partial charge in [-0.15, -0.1) is 11.3 Å². The van der Waals surface area contributed by atoms with E-state index in [1.54, 1.807) is 17.5 Å². The molecule has 0 unspecified atom stereocenters. The van der Waals surface area contributed by atoms with E-state index in [0.29, 0.717) is 11.5 Å². The van der Waals surface area contributed by atoms with Crippen LogP contribution >= 0.6 is 11.3 Å². The van der Waals surface area contributed by atoms with Gasteiger partial charge < -0.3 is 4.42 Å². The number of aromatic nitrogens is 2. The number of nitrogens with zero attached hydrogens (tertiary/aromatic N) is 2. The van der Waals surface area contributed by atoms with E-state index < -0.39 is 0 Å². The average Bonchev–Trinajstić information content (AvgIpc) is 2.86. The van der Waals surface area contributed by atoms with Crippen LogP contribution in [0, 0.1) is 6.92 Å². The molecule has 0 N–H and O–H groups in total. The molecule has 0 aliphatic carbocycles. The summed E-state index contributed by atoms with van der Waals surface area (Å²) in [5, 5.41) is 2.00. The third-order valence-electron chi connectivity index (χ3n) is 2.22. The Balaban J connectivity index is 2.27. The third kappa shape index (κ3) is 1.34. The van der Waals surface area contributed by atoms with Gasteiger partial charge in [-0.3, -0.25) is 0 Å². The van der Waals surface area contributed by atoms with Crippen LogP contribution in [0.2, 0.25) is 0 Å². The van der Waals surface area contributed by atoms with Gasteiger partial charge in [-0.05, 0) is 30.0 Å². The van der Waals surface area contributed by atoms with E-state index in [4.69, 9.17) is 4.42 Å². The van der Waals surface area contributed by atoms with Gasteiger partial charge in [-0.1, -0.05) is 6.07 Å². The minimum Gasteiger partial charge on any atom is -0.433 e. The molecule has 3 aromatic rings. The lowest BCUT2D eigenvalue weighted by atomic mass is 10.3. The smallest absolute Gasteiger partial charge is 0.239 e. The lowest BCUT2D eigenvalue weighted by molar-refractivity contribution is 0.619. The summed E-state index contributed by atoms with van der Waals surface area (Å²) in [6, 6.07) is 5.89. The second-order valence-corrected chi connectivity index (χ2v) is 4.22. The quantitative estimate of drug-likeness (QED) is 0.626. The predicted octanol–water partition coefficient (Wildman–Crippen LogP) is 3.26. The van der Waals surface area contributed by atoms with Gasteiger partial charge in [0.05, 0.1) is 4.88 Å². The molecule has 15 heavy (non-hydrogen) atoms. The van der Waals surface area contributed by atoms with E-state index in [-0.39, 0.29) is 0 Å². The molecule has 0 saturated carbocycles. The molecule has 3 rings (SSSR count). The van der Waals surface area contributed by atoms with Crippen LogP contribution < -0.4 is 0 Å². The number of pyridine rings is 1. The SMILES string of the molecule is Cc1ccnc2nc(-c3cccs3)oc12. The van der Waals surface area contributed by atoms with Crippen molar-refractivity contribution in [1.29, 1.82) is 0 Å². The second kappa shape index (κ2) is 3.17. The summed E-state index contributed by atoms with van der Waals surface area (Å²) in [6.07, 6.45) is 1.75. The van der Waals surface area contributed by atoms with Crippen molar-refractivity contribution in [2.45, 2.75) is 6.92 Å². The second-order valence-electron chi connectivity index (χ2n) is 3.28. The zero-order valence-corrected chi connectivity index (χ0v) is 8.91. The summed E-state index contributed by atoms with van der Waals surface area (Å²) < 4.78 is 5.68. The van der Waals surface area contributed by atoms with Crippen LogP contribution in [-0.4, -0.2) is 9.97 Å². The first-order valence-corrected chi connectivity index (χ1v) is 5.48. The van der Waals surface area contributed by atoms with E-state index in [1.807, 2.05) is 30.5 Å². The third-order valence-corrected chi connectivity index (χ3v) is 3.08. The Morgan fingerprint density at radius 1 is 1.33 bits per heavy atom. The Bertz CT molecular complexity index is 598. The zero-order valence-electron chi connectivity index (χ0n) is 8.10. The summed E-state index contributed by atoms with van der Waals surface area (Å²) in [5.74, 6) is 0.654. The van der Waals surface area contributed by atoms with Crippen molar-refractivity contribution in [3.8, 4) is 10.8 Å². The van der Waals surface area contributed by atoms with E-state index >= 15 is 0 Å². The molecule has 0 bridgehead atoms. The summed E-state index contributed by atoms with van der Waals surface area (Å²) in [6.45, 7) is 1.99. The molecule has 0 saturated heterocycles. The maximum atomic E-state index is 5.68. The molecule has 74 valence electrons. The lowest BCUT2D eigenvalue weighted by Gasteiger charge is -1.89. The first-order chi connectivity index (χ1) is 7.34. The molecule has 0 aromatic carbocycles. The first kappa shape index (κ1) is 8.61. The molecule has 0 radical (unpaired) electrons. The van der Waals surface area contributed by atoms with Gasteiger partial charge in [0.25, 0.3) is 0 Å². The molecule has 3 nitrogen and oxygen atoms in total. The minimum atomic E-state index is 0.654. The minimum absolute atomic E-state index is 0.654. The van der Waals surface area contributed by atoms with Crippen molar-refractivity contribution in [2.24, 2.45) is 0 Å². The van der Waals surface area contributed by atoms with Gasteiger partial charge in [0, 0.05) is 6.20 Å². The Kier molecular flexibility index (Phi) is 1.82. The van der Waals surface area contributed by atoms with Crippen molar-refractivity contribution >= 4 is 22.6 Å². The van der Waals surface area contributed by atoms with Crippen LogP contribution in [0.25, 0.3) is 22.0 Å². The van der Waals surface area contributed by atoms with E-state index in [1.165, 1.54) is 0 Å². The Labute approximate surface area is 90.4 Å². The Hall–Kier alpha value is -1.68. The van der Waals surface area contributed by atoms with Crippen LogP contribution in [-0.2, 0) is 0 Å². The molecule has 0 atom stereocenters.